The third-order valence-corrected chi connectivity index (χ3v) is 4.86. The third kappa shape index (κ3) is 4.74. The molecule has 0 aliphatic carbocycles. The Bertz CT molecular complexity index is 900. The maximum atomic E-state index is 12.9. The van der Waals surface area contributed by atoms with Crippen molar-refractivity contribution in [1.29, 1.82) is 0 Å². The summed E-state index contributed by atoms with van der Waals surface area (Å²) in [7, 11) is 0. The highest BCUT2D eigenvalue weighted by Gasteiger charge is 2.47. The van der Waals surface area contributed by atoms with Gasteiger partial charge in [-0.1, -0.05) is 42.5 Å². The van der Waals surface area contributed by atoms with Gasteiger partial charge in [-0.15, -0.1) is 0 Å². The molecule has 0 aromatic heterocycles. The van der Waals surface area contributed by atoms with Gasteiger partial charge in [-0.2, -0.15) is 0 Å². The van der Waals surface area contributed by atoms with Crippen LogP contribution in [-0.4, -0.2) is 41.4 Å². The fourth-order valence-electron chi connectivity index (χ4n) is 3.28. The summed E-state index contributed by atoms with van der Waals surface area (Å²) in [4.78, 5) is 38.6. The zero-order chi connectivity index (χ0) is 20.9. The average Bonchev–Trinajstić information content (AvgIpc) is 2.92. The maximum Gasteiger partial charge on any atom is 0.325 e. The quantitative estimate of drug-likeness (QED) is 0.673. The summed E-state index contributed by atoms with van der Waals surface area (Å²) in [5, 5.41) is 5.44. The van der Waals surface area contributed by atoms with Crippen LogP contribution >= 0.6 is 0 Å². The van der Waals surface area contributed by atoms with Crippen LogP contribution in [0, 0.1) is 0 Å². The van der Waals surface area contributed by atoms with Crippen LogP contribution in [0.15, 0.2) is 54.6 Å². The molecule has 1 aliphatic heterocycles. The van der Waals surface area contributed by atoms with E-state index < -0.39 is 23.4 Å². The summed E-state index contributed by atoms with van der Waals surface area (Å²) in [6.07, 6.45) is 1.10. The predicted octanol–water partition coefficient (Wildman–Crippen LogP) is 2.97. The van der Waals surface area contributed by atoms with Crippen molar-refractivity contribution in [3.05, 3.63) is 60.2 Å². The smallest absolute Gasteiger partial charge is 0.325 e. The van der Waals surface area contributed by atoms with Gasteiger partial charge >= 0.3 is 6.03 Å². The summed E-state index contributed by atoms with van der Waals surface area (Å²) in [6.45, 7) is 3.65. The van der Waals surface area contributed by atoms with Crippen LogP contribution in [0.4, 0.5) is 10.5 Å². The second-order valence-electron chi connectivity index (χ2n) is 7.12. The van der Waals surface area contributed by atoms with E-state index in [1.807, 2.05) is 37.3 Å². The zero-order valence-electron chi connectivity index (χ0n) is 16.6. The molecule has 0 bridgehead atoms. The molecule has 1 heterocycles. The first-order valence-corrected chi connectivity index (χ1v) is 9.62. The lowest BCUT2D eigenvalue weighted by Crippen LogP contribution is -2.45. The summed E-state index contributed by atoms with van der Waals surface area (Å²) in [6, 6.07) is 16.2. The molecule has 2 aromatic rings. The Balaban J connectivity index is 1.63. The molecule has 2 N–H and O–H groups in total. The van der Waals surface area contributed by atoms with E-state index in [0.717, 1.165) is 10.5 Å². The molecule has 0 radical (unpaired) electrons. The minimum atomic E-state index is -1.03. The maximum absolute atomic E-state index is 12.9. The van der Waals surface area contributed by atoms with Gasteiger partial charge in [-0.05, 0) is 44.4 Å². The van der Waals surface area contributed by atoms with Gasteiger partial charge in [0.15, 0.2) is 0 Å². The van der Waals surface area contributed by atoms with Crippen molar-refractivity contribution in [3.63, 3.8) is 0 Å². The molecule has 1 aliphatic rings. The van der Waals surface area contributed by atoms with Crippen molar-refractivity contribution < 1.29 is 19.1 Å². The topological polar surface area (TPSA) is 87.7 Å². The molecule has 1 fully saturated rings. The lowest BCUT2D eigenvalue weighted by molar-refractivity contribution is -0.133. The number of aryl methyl sites for hydroxylation is 1. The van der Waals surface area contributed by atoms with Crippen molar-refractivity contribution in [3.8, 4) is 5.75 Å². The fourth-order valence-corrected chi connectivity index (χ4v) is 3.28. The van der Waals surface area contributed by atoms with Crippen LogP contribution in [0.2, 0.25) is 0 Å². The number of rotatable bonds is 8. The number of nitrogens with zero attached hydrogens (tertiary/aromatic N) is 1. The molecule has 1 unspecified atom stereocenters. The molecule has 1 atom stereocenters. The van der Waals surface area contributed by atoms with Crippen LogP contribution < -0.4 is 15.4 Å². The van der Waals surface area contributed by atoms with Crippen molar-refractivity contribution in [1.82, 2.24) is 10.2 Å². The van der Waals surface area contributed by atoms with E-state index in [2.05, 4.69) is 10.6 Å². The SMILES string of the molecule is CCOc1ccccc1NC(=O)CN1C(=O)NC(C)(CCc2ccccc2)C1=O. The first kappa shape index (κ1) is 20.4. The van der Waals surface area contributed by atoms with Crippen molar-refractivity contribution in [2.75, 3.05) is 18.5 Å². The molecule has 0 saturated carbocycles. The standard InChI is InChI=1S/C22H25N3O4/c1-3-29-18-12-8-7-11-17(18)23-19(26)15-25-20(27)22(2,24-21(25)28)14-13-16-9-5-4-6-10-16/h4-12H,3,13-15H2,1-2H3,(H,23,26)(H,24,28). The summed E-state index contributed by atoms with van der Waals surface area (Å²) in [5.74, 6) is -0.326. The van der Waals surface area contributed by atoms with Crippen LogP contribution in [0.1, 0.15) is 25.8 Å². The number of ether oxygens (including phenoxy) is 1. The van der Waals surface area contributed by atoms with E-state index in [-0.39, 0.29) is 6.54 Å². The Hall–Kier alpha value is -3.35. The number of imide groups is 1. The van der Waals surface area contributed by atoms with Crippen LogP contribution in [-0.2, 0) is 16.0 Å². The van der Waals surface area contributed by atoms with E-state index in [1.165, 1.54) is 0 Å². The van der Waals surface area contributed by atoms with Gasteiger partial charge < -0.3 is 15.4 Å². The Kier molecular flexibility index (Phi) is 6.16. The monoisotopic (exact) mass is 395 g/mol. The van der Waals surface area contributed by atoms with Gasteiger partial charge in [0.2, 0.25) is 5.91 Å². The van der Waals surface area contributed by atoms with Crippen molar-refractivity contribution >= 4 is 23.5 Å². The minimum absolute atomic E-state index is 0.355. The normalized spacial score (nSPS) is 18.5. The highest BCUT2D eigenvalue weighted by atomic mass is 16.5. The second kappa shape index (κ2) is 8.77. The number of amides is 4. The van der Waals surface area contributed by atoms with E-state index in [0.29, 0.717) is 30.9 Å². The lowest BCUT2D eigenvalue weighted by Gasteiger charge is -2.21. The predicted molar refractivity (Wildman–Crippen MR) is 110 cm³/mol. The molecule has 0 spiro atoms. The Morgan fingerprint density at radius 3 is 2.52 bits per heavy atom. The highest BCUT2D eigenvalue weighted by Crippen LogP contribution is 2.25. The second-order valence-corrected chi connectivity index (χ2v) is 7.12. The van der Waals surface area contributed by atoms with E-state index in [4.69, 9.17) is 4.74 Å². The first-order valence-electron chi connectivity index (χ1n) is 9.62. The lowest BCUT2D eigenvalue weighted by atomic mass is 9.93. The Morgan fingerprint density at radius 1 is 1.10 bits per heavy atom. The molecular formula is C22H25N3O4. The largest absolute Gasteiger partial charge is 0.492 e. The van der Waals surface area contributed by atoms with E-state index >= 15 is 0 Å². The molecule has 152 valence electrons. The average molecular weight is 395 g/mol. The molecule has 2 aromatic carbocycles. The molecule has 4 amide bonds. The molecular weight excluding hydrogens is 370 g/mol. The molecule has 3 rings (SSSR count). The Morgan fingerprint density at radius 2 is 1.79 bits per heavy atom. The number of hydrogen-bond donors (Lipinski definition) is 2. The third-order valence-electron chi connectivity index (χ3n) is 4.86. The molecule has 7 nitrogen and oxygen atoms in total. The van der Waals surface area contributed by atoms with E-state index in [9.17, 15) is 14.4 Å². The summed E-state index contributed by atoms with van der Waals surface area (Å²) < 4.78 is 5.48. The van der Waals surface area contributed by atoms with Crippen LogP contribution in [0.5, 0.6) is 5.75 Å². The van der Waals surface area contributed by atoms with Crippen LogP contribution in [0.25, 0.3) is 0 Å². The molecule has 29 heavy (non-hydrogen) atoms. The molecule has 1 saturated heterocycles. The minimum Gasteiger partial charge on any atom is -0.492 e. The van der Waals surface area contributed by atoms with Gasteiger partial charge in [0.25, 0.3) is 5.91 Å². The van der Waals surface area contributed by atoms with Gasteiger partial charge in [0, 0.05) is 0 Å². The Labute approximate surface area is 170 Å². The number of carbonyl (C=O) groups is 3. The summed E-state index contributed by atoms with van der Waals surface area (Å²) >= 11 is 0. The van der Waals surface area contributed by atoms with Gasteiger partial charge in [0.05, 0.1) is 12.3 Å². The fraction of sp³-hybridized carbons (Fsp3) is 0.318. The molecule has 7 heteroatoms. The number of anilines is 1. The van der Waals surface area contributed by atoms with Gasteiger partial charge in [-0.25, -0.2) is 4.79 Å². The first-order chi connectivity index (χ1) is 13.9. The number of carbonyl (C=O) groups excluding carboxylic acids is 3. The summed E-state index contributed by atoms with van der Waals surface area (Å²) in [5.41, 5.74) is 0.550. The highest BCUT2D eigenvalue weighted by molar-refractivity contribution is 6.10. The van der Waals surface area contributed by atoms with Gasteiger partial charge in [0.1, 0.15) is 17.8 Å². The number of hydrogen-bond acceptors (Lipinski definition) is 4. The van der Waals surface area contributed by atoms with Gasteiger partial charge in [-0.3, -0.25) is 14.5 Å². The van der Waals surface area contributed by atoms with E-state index in [1.54, 1.807) is 31.2 Å². The number of benzene rings is 2. The number of nitrogens with one attached hydrogen (secondary N) is 2. The zero-order valence-corrected chi connectivity index (χ0v) is 16.6. The number of urea groups is 1. The number of para-hydroxylation sites is 2. The van der Waals surface area contributed by atoms with Crippen molar-refractivity contribution in [2.45, 2.75) is 32.2 Å². The van der Waals surface area contributed by atoms with Crippen molar-refractivity contribution in [2.24, 2.45) is 0 Å². The van der Waals surface area contributed by atoms with Crippen LogP contribution in [0.3, 0.4) is 0 Å².